The molecule has 1 aliphatic rings. The molecule has 0 radical (unpaired) electrons. The molecule has 0 aromatic heterocycles. The molecule has 194 valence electrons. The Morgan fingerprint density at radius 3 is 2.21 bits per heavy atom. The van der Waals surface area contributed by atoms with Crippen molar-refractivity contribution in [3.8, 4) is 0 Å². The summed E-state index contributed by atoms with van der Waals surface area (Å²) in [7, 11) is 3.74. The number of hydrogen-bond donors (Lipinski definition) is 2. The molecule has 0 aliphatic carbocycles. The van der Waals surface area contributed by atoms with E-state index in [4.69, 9.17) is 12.2 Å². The van der Waals surface area contributed by atoms with Crippen LogP contribution in [-0.4, -0.2) is 53.9 Å². The maximum absolute atomic E-state index is 13.8. The maximum atomic E-state index is 13.8. The van der Waals surface area contributed by atoms with Gasteiger partial charge in [-0.3, -0.25) is 14.5 Å². The van der Waals surface area contributed by atoms with E-state index in [-0.39, 0.29) is 23.5 Å². The minimum absolute atomic E-state index is 0.140. The van der Waals surface area contributed by atoms with Gasteiger partial charge in [0.15, 0.2) is 5.11 Å². The fourth-order valence-corrected chi connectivity index (χ4v) is 4.86. The van der Waals surface area contributed by atoms with Crippen LogP contribution in [0.5, 0.6) is 0 Å². The van der Waals surface area contributed by atoms with Crippen LogP contribution in [0.25, 0.3) is 21.5 Å². The molecular formula is C28H23F3N4O2S. The highest BCUT2D eigenvalue weighted by molar-refractivity contribution is 7.80. The van der Waals surface area contributed by atoms with Gasteiger partial charge in [-0.25, -0.2) is 0 Å². The molecule has 4 aromatic rings. The quantitative estimate of drug-likeness (QED) is 0.186. The SMILES string of the molecule is CN(C)CCN1C(=O)c2cccc3cc4cccc(NC(=S)Nc5ccc(C(F)(F)F)cc5)c4c(c23)C1=O. The Labute approximate surface area is 222 Å². The predicted molar refractivity (Wildman–Crippen MR) is 147 cm³/mol. The zero-order valence-electron chi connectivity index (χ0n) is 20.5. The Kier molecular flexibility index (Phi) is 6.54. The van der Waals surface area contributed by atoms with Crippen molar-refractivity contribution in [3.63, 3.8) is 0 Å². The minimum Gasteiger partial charge on any atom is -0.332 e. The number of fused-ring (bicyclic) bond motifs is 2. The van der Waals surface area contributed by atoms with Crippen molar-refractivity contribution in [1.29, 1.82) is 0 Å². The Bertz CT molecular complexity index is 1600. The van der Waals surface area contributed by atoms with Crippen molar-refractivity contribution in [2.24, 2.45) is 0 Å². The van der Waals surface area contributed by atoms with Crippen LogP contribution >= 0.6 is 12.2 Å². The summed E-state index contributed by atoms with van der Waals surface area (Å²) in [4.78, 5) is 30.3. The number of hydrogen-bond acceptors (Lipinski definition) is 4. The average molecular weight is 537 g/mol. The summed E-state index contributed by atoms with van der Waals surface area (Å²) in [5.41, 5.74) is 1.02. The molecule has 0 spiro atoms. The third-order valence-corrected chi connectivity index (χ3v) is 6.63. The largest absolute Gasteiger partial charge is 0.416 e. The lowest BCUT2D eigenvalue weighted by atomic mass is 9.89. The van der Waals surface area contributed by atoms with E-state index in [0.29, 0.717) is 39.8 Å². The molecule has 10 heteroatoms. The lowest BCUT2D eigenvalue weighted by Gasteiger charge is -2.29. The van der Waals surface area contributed by atoms with Gasteiger partial charge in [0.1, 0.15) is 0 Å². The molecule has 4 aromatic carbocycles. The number of carbonyl (C=O) groups excluding carboxylic acids is 2. The number of rotatable bonds is 5. The second-order valence-corrected chi connectivity index (χ2v) is 9.69. The smallest absolute Gasteiger partial charge is 0.332 e. The van der Waals surface area contributed by atoms with Gasteiger partial charge in [-0.05, 0) is 79.6 Å². The van der Waals surface area contributed by atoms with Gasteiger partial charge in [-0.1, -0.05) is 24.3 Å². The minimum atomic E-state index is -4.43. The van der Waals surface area contributed by atoms with Crippen molar-refractivity contribution in [2.45, 2.75) is 6.18 Å². The molecule has 2 amide bonds. The molecule has 6 nitrogen and oxygen atoms in total. The third kappa shape index (κ3) is 4.68. The van der Waals surface area contributed by atoms with Crippen LogP contribution in [-0.2, 0) is 6.18 Å². The Morgan fingerprint density at radius 2 is 1.55 bits per heavy atom. The fourth-order valence-electron chi connectivity index (χ4n) is 4.63. The first-order valence-electron chi connectivity index (χ1n) is 11.8. The van der Waals surface area contributed by atoms with E-state index < -0.39 is 11.7 Å². The van der Waals surface area contributed by atoms with Crippen molar-refractivity contribution >= 4 is 62.1 Å². The van der Waals surface area contributed by atoms with Crippen LogP contribution < -0.4 is 10.6 Å². The van der Waals surface area contributed by atoms with Crippen molar-refractivity contribution in [2.75, 3.05) is 37.8 Å². The number of nitrogens with one attached hydrogen (secondary N) is 2. The van der Waals surface area contributed by atoms with E-state index in [0.717, 1.165) is 22.9 Å². The summed E-state index contributed by atoms with van der Waals surface area (Å²) in [6, 6.07) is 17.3. The number of halogens is 3. The fraction of sp³-hybridized carbons (Fsp3) is 0.179. The molecule has 1 heterocycles. The summed E-state index contributed by atoms with van der Waals surface area (Å²) in [6.45, 7) is 0.750. The number of nitrogens with zero attached hydrogens (tertiary/aromatic N) is 2. The average Bonchev–Trinajstić information content (AvgIpc) is 2.86. The highest BCUT2D eigenvalue weighted by Crippen LogP contribution is 2.39. The van der Waals surface area contributed by atoms with E-state index >= 15 is 0 Å². The van der Waals surface area contributed by atoms with E-state index in [1.165, 1.54) is 17.0 Å². The van der Waals surface area contributed by atoms with Gasteiger partial charge in [0.2, 0.25) is 0 Å². The highest BCUT2D eigenvalue weighted by Gasteiger charge is 2.35. The first kappa shape index (κ1) is 25.6. The Morgan fingerprint density at radius 1 is 0.895 bits per heavy atom. The normalized spacial score (nSPS) is 13.5. The van der Waals surface area contributed by atoms with E-state index in [2.05, 4.69) is 10.6 Å². The van der Waals surface area contributed by atoms with Gasteiger partial charge in [0.25, 0.3) is 11.8 Å². The summed E-state index contributed by atoms with van der Waals surface area (Å²) >= 11 is 5.44. The van der Waals surface area contributed by atoms with Crippen LogP contribution in [0.2, 0.25) is 0 Å². The molecule has 0 unspecified atom stereocenters. The monoisotopic (exact) mass is 536 g/mol. The second-order valence-electron chi connectivity index (χ2n) is 9.28. The van der Waals surface area contributed by atoms with Crippen LogP contribution in [0, 0.1) is 0 Å². The number of likely N-dealkylation sites (N-methyl/N-ethyl adjacent to an activating group) is 1. The molecule has 5 rings (SSSR count). The predicted octanol–water partition coefficient (Wildman–Crippen LogP) is 5.98. The zero-order chi connectivity index (χ0) is 27.2. The number of carbonyl (C=O) groups is 2. The van der Waals surface area contributed by atoms with Gasteiger partial charge in [0, 0.05) is 40.8 Å². The standard InChI is InChI=1S/C28H23F3N4O2S/c1-34(2)13-14-35-25(36)20-7-3-5-16-15-17-6-4-8-21(23(17)24(22(16)20)26(35)37)33-27(38)32-19-11-9-18(10-12-19)28(29,30)31/h3-12,15H,13-14H2,1-2H3,(H2,32,33,38). The number of alkyl halides is 3. The van der Waals surface area contributed by atoms with Crippen molar-refractivity contribution < 1.29 is 22.8 Å². The van der Waals surface area contributed by atoms with Crippen LogP contribution in [0.3, 0.4) is 0 Å². The van der Waals surface area contributed by atoms with Gasteiger partial charge in [-0.2, -0.15) is 13.2 Å². The van der Waals surface area contributed by atoms with E-state index in [9.17, 15) is 22.8 Å². The van der Waals surface area contributed by atoms with Crippen LogP contribution in [0.4, 0.5) is 24.5 Å². The van der Waals surface area contributed by atoms with Crippen molar-refractivity contribution in [1.82, 2.24) is 9.80 Å². The number of thiocarbonyl (C=S) groups is 1. The van der Waals surface area contributed by atoms with Gasteiger partial charge >= 0.3 is 6.18 Å². The molecule has 0 fully saturated rings. The maximum Gasteiger partial charge on any atom is 0.416 e. The third-order valence-electron chi connectivity index (χ3n) is 6.43. The topological polar surface area (TPSA) is 64.7 Å². The number of imide groups is 1. The first-order chi connectivity index (χ1) is 18.0. The second kappa shape index (κ2) is 9.70. The molecular weight excluding hydrogens is 513 g/mol. The number of anilines is 2. The summed E-state index contributed by atoms with van der Waals surface area (Å²) in [6.07, 6.45) is -4.43. The molecule has 2 N–H and O–H groups in total. The van der Waals surface area contributed by atoms with Gasteiger partial charge in [0.05, 0.1) is 11.1 Å². The molecule has 38 heavy (non-hydrogen) atoms. The molecule has 0 bridgehead atoms. The summed E-state index contributed by atoms with van der Waals surface area (Å²) in [5, 5.41) is 8.88. The Hall–Kier alpha value is -4.02. The molecule has 0 atom stereocenters. The lowest BCUT2D eigenvalue weighted by Crippen LogP contribution is -2.43. The van der Waals surface area contributed by atoms with Crippen LogP contribution in [0.15, 0.2) is 66.7 Å². The molecule has 1 aliphatic heterocycles. The molecule has 0 saturated heterocycles. The van der Waals surface area contributed by atoms with E-state index in [1.54, 1.807) is 18.2 Å². The zero-order valence-corrected chi connectivity index (χ0v) is 21.3. The van der Waals surface area contributed by atoms with E-state index in [1.807, 2.05) is 43.3 Å². The number of amides is 2. The first-order valence-corrected chi connectivity index (χ1v) is 12.2. The van der Waals surface area contributed by atoms with Crippen LogP contribution in [0.1, 0.15) is 26.3 Å². The summed E-state index contributed by atoms with van der Waals surface area (Å²) in [5.74, 6) is -0.721. The van der Waals surface area contributed by atoms with Crippen molar-refractivity contribution in [3.05, 3.63) is 83.4 Å². The van der Waals surface area contributed by atoms with Gasteiger partial charge < -0.3 is 15.5 Å². The molecule has 0 saturated carbocycles. The Balaban J connectivity index is 1.55. The lowest BCUT2D eigenvalue weighted by molar-refractivity contribution is -0.137. The summed E-state index contributed by atoms with van der Waals surface area (Å²) < 4.78 is 38.7. The number of benzene rings is 4. The highest BCUT2D eigenvalue weighted by atomic mass is 32.1. The van der Waals surface area contributed by atoms with Gasteiger partial charge in [-0.15, -0.1) is 0 Å².